The molecule has 6 nitrogen and oxygen atoms in total. The molecule has 0 saturated carbocycles. The topological polar surface area (TPSA) is 71.1 Å². The van der Waals surface area contributed by atoms with Crippen molar-refractivity contribution in [1.82, 2.24) is 0 Å². The Morgan fingerprint density at radius 2 is 1.10 bits per heavy atom. The fourth-order valence-electron chi connectivity index (χ4n) is 2.69. The maximum atomic E-state index is 11.8. The first-order chi connectivity index (χ1) is 13.9. The molecule has 0 saturated heterocycles. The molecule has 29 heavy (non-hydrogen) atoms. The van der Waals surface area contributed by atoms with Crippen molar-refractivity contribution in [2.75, 3.05) is 19.8 Å². The molecule has 0 aromatic carbocycles. The molecule has 0 aliphatic rings. The second kappa shape index (κ2) is 18.9. The van der Waals surface area contributed by atoms with Crippen molar-refractivity contribution in [3.63, 3.8) is 0 Å². The molecule has 0 radical (unpaired) electrons. The van der Waals surface area contributed by atoms with E-state index in [-0.39, 0.29) is 36.9 Å². The van der Waals surface area contributed by atoms with Crippen LogP contribution in [0, 0.1) is 0 Å². The lowest BCUT2D eigenvalue weighted by atomic mass is 10.1. The molecule has 0 rings (SSSR count). The molecular weight excluding hydrogens is 372 g/mol. The summed E-state index contributed by atoms with van der Waals surface area (Å²) in [5.74, 6) is -0.322. The van der Waals surface area contributed by atoms with Crippen molar-refractivity contribution in [3.8, 4) is 0 Å². The van der Waals surface area contributed by atoms with E-state index >= 15 is 0 Å². The minimum Gasteiger partial charge on any atom is -0.463 e. The molecule has 0 amide bonds. The van der Waals surface area contributed by atoms with Crippen LogP contribution in [0.4, 0.5) is 0 Å². The maximum absolute atomic E-state index is 11.8. The van der Waals surface area contributed by atoms with Crippen molar-refractivity contribution < 1.29 is 28.5 Å². The minimum absolute atomic E-state index is 0.132. The monoisotopic (exact) mass is 416 g/mol. The predicted octanol–water partition coefficient (Wildman–Crippen LogP) is 5.21. The Bertz CT molecular complexity index is 412. The van der Waals surface area contributed by atoms with Gasteiger partial charge >= 0.3 is 11.9 Å². The SMILES string of the molecule is CCCCCCC(=O)OCC(C)OCC(C)OCC(C)OC(=O)CCCCCC. The molecule has 0 bridgehead atoms. The third kappa shape index (κ3) is 18.6. The molecule has 172 valence electrons. The molecule has 0 heterocycles. The summed E-state index contributed by atoms with van der Waals surface area (Å²) in [6, 6.07) is 0. The van der Waals surface area contributed by atoms with Gasteiger partial charge in [-0.1, -0.05) is 52.4 Å². The second-order valence-corrected chi connectivity index (χ2v) is 7.89. The van der Waals surface area contributed by atoms with Gasteiger partial charge in [0, 0.05) is 12.8 Å². The lowest BCUT2D eigenvalue weighted by Crippen LogP contribution is -2.28. The third-order valence-electron chi connectivity index (χ3n) is 4.51. The zero-order valence-electron chi connectivity index (χ0n) is 19.4. The molecule has 0 aromatic heterocycles. The van der Waals surface area contributed by atoms with Crippen molar-refractivity contribution in [3.05, 3.63) is 0 Å². The molecule has 0 aliphatic carbocycles. The zero-order chi connectivity index (χ0) is 21.9. The van der Waals surface area contributed by atoms with E-state index in [4.69, 9.17) is 18.9 Å². The Kier molecular flexibility index (Phi) is 18.1. The smallest absolute Gasteiger partial charge is 0.306 e. The van der Waals surface area contributed by atoms with E-state index in [2.05, 4.69) is 13.8 Å². The van der Waals surface area contributed by atoms with Gasteiger partial charge in [-0.3, -0.25) is 9.59 Å². The number of carbonyl (C=O) groups excluding carboxylic acids is 2. The Morgan fingerprint density at radius 1 is 0.621 bits per heavy atom. The second-order valence-electron chi connectivity index (χ2n) is 7.89. The van der Waals surface area contributed by atoms with Crippen molar-refractivity contribution in [1.29, 1.82) is 0 Å². The van der Waals surface area contributed by atoms with Gasteiger partial charge in [0.05, 0.1) is 25.4 Å². The molecular formula is C23H44O6. The number of rotatable bonds is 19. The van der Waals surface area contributed by atoms with E-state index in [0.29, 0.717) is 26.1 Å². The van der Waals surface area contributed by atoms with Gasteiger partial charge in [-0.2, -0.15) is 0 Å². The Hall–Kier alpha value is -1.14. The number of esters is 2. The fourth-order valence-corrected chi connectivity index (χ4v) is 2.69. The van der Waals surface area contributed by atoms with Crippen LogP contribution < -0.4 is 0 Å². The van der Waals surface area contributed by atoms with E-state index < -0.39 is 0 Å². The maximum Gasteiger partial charge on any atom is 0.306 e. The van der Waals surface area contributed by atoms with Crippen LogP contribution in [0.25, 0.3) is 0 Å². The molecule has 0 spiro atoms. The molecule has 0 aliphatic heterocycles. The van der Waals surface area contributed by atoms with Gasteiger partial charge in [-0.15, -0.1) is 0 Å². The Balaban J connectivity index is 3.74. The number of ether oxygens (including phenoxy) is 4. The summed E-state index contributed by atoms with van der Waals surface area (Å²) in [5, 5.41) is 0. The largest absolute Gasteiger partial charge is 0.463 e. The standard InChI is InChI=1S/C23H44O6/c1-6-8-10-12-14-22(24)28-17-20(4)26-16-19(3)27-18-21(5)29-23(25)15-13-11-9-7-2/h19-21H,6-18H2,1-5H3. The molecule has 3 unspecified atom stereocenters. The Morgan fingerprint density at radius 3 is 1.66 bits per heavy atom. The number of hydrogen-bond acceptors (Lipinski definition) is 6. The van der Waals surface area contributed by atoms with Gasteiger partial charge in [0.2, 0.25) is 0 Å². The molecule has 3 atom stereocenters. The van der Waals surface area contributed by atoms with Crippen LogP contribution in [0.3, 0.4) is 0 Å². The Labute approximate surface area is 178 Å². The summed E-state index contributed by atoms with van der Waals surface area (Å²) in [6.07, 6.45) is 8.87. The first-order valence-electron chi connectivity index (χ1n) is 11.5. The van der Waals surface area contributed by atoms with Crippen LogP contribution >= 0.6 is 0 Å². The average molecular weight is 417 g/mol. The quantitative estimate of drug-likeness (QED) is 0.213. The highest BCUT2D eigenvalue weighted by Gasteiger charge is 2.13. The van der Waals surface area contributed by atoms with Crippen molar-refractivity contribution in [2.45, 2.75) is 117 Å². The number of unbranched alkanes of at least 4 members (excludes halogenated alkanes) is 6. The summed E-state index contributed by atoms with van der Waals surface area (Å²) in [6.45, 7) is 10.9. The first kappa shape index (κ1) is 27.9. The first-order valence-corrected chi connectivity index (χ1v) is 11.5. The van der Waals surface area contributed by atoms with Gasteiger partial charge in [-0.05, 0) is 33.6 Å². The molecule has 0 aromatic rings. The average Bonchev–Trinajstić information content (AvgIpc) is 2.69. The van der Waals surface area contributed by atoms with E-state index in [1.54, 1.807) is 0 Å². The lowest BCUT2D eigenvalue weighted by molar-refractivity contribution is -0.154. The van der Waals surface area contributed by atoms with Gasteiger partial charge < -0.3 is 18.9 Å². The number of hydrogen-bond donors (Lipinski definition) is 0. The normalized spacial score (nSPS) is 14.2. The van der Waals surface area contributed by atoms with Crippen LogP contribution in [0.5, 0.6) is 0 Å². The van der Waals surface area contributed by atoms with Gasteiger partial charge in [-0.25, -0.2) is 0 Å². The summed E-state index contributed by atoms with van der Waals surface area (Å²) in [7, 11) is 0. The highest BCUT2D eigenvalue weighted by molar-refractivity contribution is 5.69. The molecule has 0 fully saturated rings. The van der Waals surface area contributed by atoms with E-state index in [9.17, 15) is 9.59 Å². The van der Waals surface area contributed by atoms with Crippen LogP contribution in [0.2, 0.25) is 0 Å². The van der Waals surface area contributed by atoms with Crippen LogP contribution in [0.15, 0.2) is 0 Å². The fraction of sp³-hybridized carbons (Fsp3) is 0.913. The lowest BCUT2D eigenvalue weighted by Gasteiger charge is -2.20. The summed E-state index contributed by atoms with van der Waals surface area (Å²) in [4.78, 5) is 23.4. The number of carbonyl (C=O) groups is 2. The van der Waals surface area contributed by atoms with Crippen LogP contribution in [-0.2, 0) is 28.5 Å². The summed E-state index contributed by atoms with van der Waals surface area (Å²) in [5.41, 5.74) is 0. The highest BCUT2D eigenvalue weighted by Crippen LogP contribution is 2.07. The van der Waals surface area contributed by atoms with Crippen LogP contribution in [-0.4, -0.2) is 50.1 Å². The summed E-state index contributed by atoms with van der Waals surface area (Å²) < 4.78 is 22.0. The van der Waals surface area contributed by atoms with Gasteiger partial charge in [0.25, 0.3) is 0 Å². The van der Waals surface area contributed by atoms with E-state index in [1.807, 2.05) is 20.8 Å². The van der Waals surface area contributed by atoms with E-state index in [1.165, 1.54) is 0 Å². The summed E-state index contributed by atoms with van der Waals surface area (Å²) >= 11 is 0. The zero-order valence-corrected chi connectivity index (χ0v) is 19.4. The molecule has 6 heteroatoms. The minimum atomic E-state index is -0.276. The van der Waals surface area contributed by atoms with E-state index in [0.717, 1.165) is 51.4 Å². The predicted molar refractivity (Wildman–Crippen MR) is 115 cm³/mol. The van der Waals surface area contributed by atoms with Gasteiger partial charge in [0.15, 0.2) is 0 Å². The highest BCUT2D eigenvalue weighted by atomic mass is 16.6. The van der Waals surface area contributed by atoms with Crippen molar-refractivity contribution in [2.24, 2.45) is 0 Å². The molecule has 0 N–H and O–H groups in total. The van der Waals surface area contributed by atoms with Gasteiger partial charge in [0.1, 0.15) is 12.7 Å². The third-order valence-corrected chi connectivity index (χ3v) is 4.51. The van der Waals surface area contributed by atoms with Crippen LogP contribution in [0.1, 0.15) is 98.8 Å². The van der Waals surface area contributed by atoms with Crippen molar-refractivity contribution >= 4 is 11.9 Å².